The molecule has 7 nitrogen and oxygen atoms in total. The Morgan fingerprint density at radius 3 is 2.25 bits per heavy atom. The minimum Gasteiger partial charge on any atom is -0.369 e. The highest BCUT2D eigenvalue weighted by molar-refractivity contribution is 7.10. The van der Waals surface area contributed by atoms with Crippen molar-refractivity contribution in [1.82, 2.24) is 14.5 Å². The Morgan fingerprint density at radius 2 is 1.88 bits per heavy atom. The number of carbonyl (C=O) groups is 2. The van der Waals surface area contributed by atoms with Gasteiger partial charge < -0.3 is 11.5 Å². The SMILES string of the molecule is NC(=O)CN(CC(N)=O)Cc1nnsc1Cl. The molecule has 88 valence electrons. The molecule has 0 unspecified atom stereocenters. The molecule has 0 spiro atoms. The van der Waals surface area contributed by atoms with Gasteiger partial charge in [-0.15, -0.1) is 5.10 Å². The third-order valence-electron chi connectivity index (χ3n) is 1.64. The van der Waals surface area contributed by atoms with E-state index in [1.165, 1.54) is 4.90 Å². The van der Waals surface area contributed by atoms with Crippen LogP contribution in [0.3, 0.4) is 0 Å². The molecule has 0 aliphatic heterocycles. The van der Waals surface area contributed by atoms with Crippen LogP contribution in [0.25, 0.3) is 0 Å². The smallest absolute Gasteiger partial charge is 0.231 e. The first kappa shape index (κ1) is 12.8. The van der Waals surface area contributed by atoms with Crippen molar-refractivity contribution >= 4 is 34.9 Å². The Balaban J connectivity index is 2.66. The lowest BCUT2D eigenvalue weighted by atomic mass is 10.4. The van der Waals surface area contributed by atoms with E-state index >= 15 is 0 Å². The van der Waals surface area contributed by atoms with Gasteiger partial charge in [-0.2, -0.15) is 0 Å². The van der Waals surface area contributed by atoms with E-state index in [2.05, 4.69) is 9.59 Å². The first-order chi connectivity index (χ1) is 7.49. The maximum Gasteiger partial charge on any atom is 0.231 e. The lowest BCUT2D eigenvalue weighted by Gasteiger charge is -2.17. The standard InChI is InChI=1S/C7H10ClN5O2S/c8-7-4(11-12-16-7)1-13(2-5(9)14)3-6(10)15/h1-3H2,(H2,9,14)(H2,10,15). The van der Waals surface area contributed by atoms with Crippen molar-refractivity contribution in [2.45, 2.75) is 6.54 Å². The molecule has 0 aliphatic rings. The van der Waals surface area contributed by atoms with E-state index < -0.39 is 11.8 Å². The van der Waals surface area contributed by atoms with Crippen LogP contribution in [0, 0.1) is 0 Å². The Hall–Kier alpha value is -1.25. The van der Waals surface area contributed by atoms with Gasteiger partial charge in [0.15, 0.2) is 0 Å². The Kier molecular flexibility index (Phi) is 4.59. The summed E-state index contributed by atoms with van der Waals surface area (Å²) in [6, 6.07) is 0. The second-order valence-electron chi connectivity index (χ2n) is 3.07. The van der Waals surface area contributed by atoms with Gasteiger partial charge in [0.1, 0.15) is 10.0 Å². The molecule has 4 N–H and O–H groups in total. The minimum absolute atomic E-state index is 0.0865. The van der Waals surface area contributed by atoms with Gasteiger partial charge in [-0.3, -0.25) is 14.5 Å². The fourth-order valence-electron chi connectivity index (χ4n) is 1.11. The number of primary amides is 2. The van der Waals surface area contributed by atoms with Gasteiger partial charge in [-0.25, -0.2) is 0 Å². The normalized spacial score (nSPS) is 10.6. The molecule has 0 bridgehead atoms. The van der Waals surface area contributed by atoms with Crippen LogP contribution in [0.5, 0.6) is 0 Å². The molecule has 1 rings (SSSR count). The van der Waals surface area contributed by atoms with Crippen molar-refractivity contribution in [2.75, 3.05) is 13.1 Å². The van der Waals surface area contributed by atoms with Gasteiger partial charge >= 0.3 is 0 Å². The Morgan fingerprint density at radius 1 is 1.31 bits per heavy atom. The second kappa shape index (κ2) is 5.73. The molecule has 1 heterocycles. The predicted octanol–water partition coefficient (Wildman–Crippen LogP) is -1.04. The lowest BCUT2D eigenvalue weighted by Crippen LogP contribution is -2.39. The van der Waals surface area contributed by atoms with Crippen molar-refractivity contribution in [2.24, 2.45) is 11.5 Å². The fourth-order valence-corrected chi connectivity index (χ4v) is 1.72. The first-order valence-electron chi connectivity index (χ1n) is 4.24. The summed E-state index contributed by atoms with van der Waals surface area (Å²) in [7, 11) is 0. The molecule has 9 heteroatoms. The molecule has 0 radical (unpaired) electrons. The van der Waals surface area contributed by atoms with Gasteiger partial charge in [0.25, 0.3) is 0 Å². The van der Waals surface area contributed by atoms with Crippen molar-refractivity contribution in [1.29, 1.82) is 0 Å². The maximum atomic E-state index is 10.8. The zero-order chi connectivity index (χ0) is 12.1. The largest absolute Gasteiger partial charge is 0.369 e. The molecule has 2 amide bonds. The summed E-state index contributed by atoms with van der Waals surface area (Å²) in [5.74, 6) is -1.11. The molecule has 16 heavy (non-hydrogen) atoms. The van der Waals surface area contributed by atoms with Gasteiger partial charge in [-0.05, 0) is 0 Å². The molecule has 0 saturated carbocycles. The van der Waals surface area contributed by atoms with Crippen LogP contribution in [0.4, 0.5) is 0 Å². The molecule has 1 aromatic heterocycles. The number of hydrogen-bond acceptors (Lipinski definition) is 6. The minimum atomic E-state index is -0.555. The highest BCUT2D eigenvalue weighted by Crippen LogP contribution is 2.18. The zero-order valence-electron chi connectivity index (χ0n) is 8.22. The maximum absolute atomic E-state index is 10.8. The number of hydrogen-bond donors (Lipinski definition) is 2. The summed E-state index contributed by atoms with van der Waals surface area (Å²) in [6.07, 6.45) is 0. The Labute approximate surface area is 101 Å². The van der Waals surface area contributed by atoms with Crippen LogP contribution < -0.4 is 11.5 Å². The van der Waals surface area contributed by atoms with Gasteiger partial charge in [0, 0.05) is 18.1 Å². The fraction of sp³-hybridized carbons (Fsp3) is 0.429. The average molecular weight is 264 g/mol. The third-order valence-corrected chi connectivity index (χ3v) is 2.63. The highest BCUT2D eigenvalue weighted by atomic mass is 35.5. The van der Waals surface area contributed by atoms with Crippen molar-refractivity contribution in [3.63, 3.8) is 0 Å². The van der Waals surface area contributed by atoms with E-state index in [-0.39, 0.29) is 19.6 Å². The number of nitrogens with two attached hydrogens (primary N) is 2. The number of rotatable bonds is 6. The monoisotopic (exact) mass is 263 g/mol. The van der Waals surface area contributed by atoms with Crippen LogP contribution in [-0.2, 0) is 16.1 Å². The third kappa shape index (κ3) is 4.09. The van der Waals surface area contributed by atoms with E-state index in [4.69, 9.17) is 23.1 Å². The molecule has 0 fully saturated rings. The molecule has 0 aromatic carbocycles. The number of nitrogens with zero attached hydrogens (tertiary/aromatic N) is 3. The van der Waals surface area contributed by atoms with Crippen LogP contribution in [0.15, 0.2) is 0 Å². The average Bonchev–Trinajstić information content (AvgIpc) is 2.49. The number of aromatic nitrogens is 2. The van der Waals surface area contributed by atoms with E-state index in [0.717, 1.165) is 11.5 Å². The van der Waals surface area contributed by atoms with Gasteiger partial charge in [-0.1, -0.05) is 16.1 Å². The summed E-state index contributed by atoms with van der Waals surface area (Å²) >= 11 is 6.82. The van der Waals surface area contributed by atoms with Crippen molar-refractivity contribution in [3.05, 3.63) is 10.0 Å². The summed E-state index contributed by atoms with van der Waals surface area (Å²) in [5, 5.41) is 3.76. The molecule has 0 saturated heterocycles. The van der Waals surface area contributed by atoms with Crippen LogP contribution in [0.2, 0.25) is 4.34 Å². The molecular weight excluding hydrogens is 254 g/mol. The first-order valence-corrected chi connectivity index (χ1v) is 5.40. The zero-order valence-corrected chi connectivity index (χ0v) is 9.79. The van der Waals surface area contributed by atoms with E-state index in [1.54, 1.807) is 0 Å². The molecule has 0 aliphatic carbocycles. The van der Waals surface area contributed by atoms with Crippen molar-refractivity contribution in [3.8, 4) is 0 Å². The number of carbonyl (C=O) groups excluding carboxylic acids is 2. The predicted molar refractivity (Wildman–Crippen MR) is 58.6 cm³/mol. The van der Waals surface area contributed by atoms with Crippen molar-refractivity contribution < 1.29 is 9.59 Å². The summed E-state index contributed by atoms with van der Waals surface area (Å²) in [5.41, 5.74) is 10.6. The van der Waals surface area contributed by atoms with Crippen LogP contribution >= 0.6 is 23.1 Å². The quantitative estimate of drug-likeness (QED) is 0.680. The number of amides is 2. The number of halogens is 1. The van der Waals surface area contributed by atoms with E-state index in [9.17, 15) is 9.59 Å². The van der Waals surface area contributed by atoms with Crippen LogP contribution in [-0.4, -0.2) is 39.4 Å². The molecule has 1 aromatic rings. The Bertz CT molecular complexity index is 380. The van der Waals surface area contributed by atoms with Gasteiger partial charge in [0.05, 0.1) is 13.1 Å². The molecule has 0 atom stereocenters. The van der Waals surface area contributed by atoms with E-state index in [1.807, 2.05) is 0 Å². The summed E-state index contributed by atoms with van der Waals surface area (Å²) < 4.78 is 4.05. The van der Waals surface area contributed by atoms with Crippen LogP contribution in [0.1, 0.15) is 5.69 Å². The summed E-state index contributed by atoms with van der Waals surface area (Å²) in [6.45, 7) is 0.0365. The summed E-state index contributed by atoms with van der Waals surface area (Å²) in [4.78, 5) is 23.0. The second-order valence-corrected chi connectivity index (χ2v) is 4.43. The van der Waals surface area contributed by atoms with Gasteiger partial charge in [0.2, 0.25) is 11.8 Å². The van der Waals surface area contributed by atoms with E-state index in [0.29, 0.717) is 10.0 Å². The molecular formula is C7H10ClN5O2S. The lowest BCUT2D eigenvalue weighted by molar-refractivity contribution is -0.122. The highest BCUT2D eigenvalue weighted by Gasteiger charge is 2.15. The topological polar surface area (TPSA) is 115 Å².